The normalized spacial score (nSPS) is 12.7. The molecule has 38 heavy (non-hydrogen) atoms. The van der Waals surface area contributed by atoms with Crippen molar-refractivity contribution in [2.45, 2.75) is 37.4 Å². The number of alkyl halides is 3. The van der Waals surface area contributed by atoms with Crippen LogP contribution >= 0.6 is 11.6 Å². The van der Waals surface area contributed by atoms with Gasteiger partial charge in [-0.2, -0.15) is 13.2 Å². The van der Waals surface area contributed by atoms with Gasteiger partial charge in [-0.25, -0.2) is 8.42 Å². The Balaban J connectivity index is 2.01. The number of methoxy groups -OCH3 is 1. The van der Waals surface area contributed by atoms with Gasteiger partial charge < -0.3 is 10.1 Å². The number of nitrogens with zero attached hydrogens (tertiary/aromatic N) is 1. The molecule has 0 fully saturated rings. The Morgan fingerprint density at radius 3 is 2.21 bits per heavy atom. The molecule has 6 nitrogen and oxygen atoms in total. The average molecular weight is 569 g/mol. The number of anilines is 1. The Bertz CT molecular complexity index is 1350. The SMILES string of the molecule is COc1ccc(C(CC(C)C)NC(=O)CN(c2cc(C(F)(F)F)ccc2Cl)S(=O)(=O)c2ccccc2)cc1. The van der Waals surface area contributed by atoms with Gasteiger partial charge in [-0.15, -0.1) is 0 Å². The molecular formula is C27H28ClF3N2O4S. The second-order valence-corrected chi connectivity index (χ2v) is 11.3. The van der Waals surface area contributed by atoms with Crippen LogP contribution in [0.15, 0.2) is 77.7 Å². The van der Waals surface area contributed by atoms with Gasteiger partial charge in [0.1, 0.15) is 12.3 Å². The Kier molecular flexibility index (Phi) is 9.32. The van der Waals surface area contributed by atoms with Crippen LogP contribution in [-0.4, -0.2) is 28.0 Å². The van der Waals surface area contributed by atoms with Crippen LogP contribution in [0.1, 0.15) is 37.4 Å². The number of rotatable bonds is 10. The van der Waals surface area contributed by atoms with Gasteiger partial charge >= 0.3 is 6.18 Å². The van der Waals surface area contributed by atoms with Crippen molar-refractivity contribution in [3.05, 3.63) is 88.9 Å². The van der Waals surface area contributed by atoms with E-state index in [-0.39, 0.29) is 15.8 Å². The molecule has 3 aromatic carbocycles. The van der Waals surface area contributed by atoms with Crippen molar-refractivity contribution < 1.29 is 31.1 Å². The van der Waals surface area contributed by atoms with E-state index in [0.29, 0.717) is 22.5 Å². The highest BCUT2D eigenvalue weighted by Crippen LogP contribution is 2.37. The lowest BCUT2D eigenvalue weighted by atomic mass is 9.97. The van der Waals surface area contributed by atoms with Crippen molar-refractivity contribution in [2.75, 3.05) is 18.0 Å². The van der Waals surface area contributed by atoms with Gasteiger partial charge in [-0.1, -0.05) is 55.8 Å². The second-order valence-electron chi connectivity index (χ2n) is 9.01. The molecule has 0 spiro atoms. The summed E-state index contributed by atoms with van der Waals surface area (Å²) in [5.41, 5.74) is -0.783. The number of sulfonamides is 1. The molecule has 0 radical (unpaired) electrons. The van der Waals surface area contributed by atoms with E-state index in [0.717, 1.165) is 17.7 Å². The molecule has 1 atom stereocenters. The van der Waals surface area contributed by atoms with E-state index in [1.165, 1.54) is 31.4 Å². The first-order valence-electron chi connectivity index (χ1n) is 11.7. The molecule has 0 aromatic heterocycles. The number of carbonyl (C=O) groups is 1. The van der Waals surface area contributed by atoms with Crippen molar-refractivity contribution in [1.29, 1.82) is 0 Å². The van der Waals surface area contributed by atoms with E-state index < -0.39 is 45.9 Å². The largest absolute Gasteiger partial charge is 0.497 e. The van der Waals surface area contributed by atoms with Gasteiger partial charge in [0.25, 0.3) is 10.0 Å². The predicted molar refractivity (Wildman–Crippen MR) is 141 cm³/mol. The predicted octanol–water partition coefficient (Wildman–Crippen LogP) is 6.47. The lowest BCUT2D eigenvalue weighted by Crippen LogP contribution is -2.42. The molecule has 0 aliphatic heterocycles. The van der Waals surface area contributed by atoms with Gasteiger partial charge in [0, 0.05) is 0 Å². The van der Waals surface area contributed by atoms with Crippen LogP contribution in [0.25, 0.3) is 0 Å². The van der Waals surface area contributed by atoms with Crippen molar-refractivity contribution in [2.24, 2.45) is 5.92 Å². The summed E-state index contributed by atoms with van der Waals surface area (Å²) >= 11 is 6.20. The molecule has 1 unspecified atom stereocenters. The van der Waals surface area contributed by atoms with E-state index in [2.05, 4.69) is 5.32 Å². The number of nitrogens with one attached hydrogen (secondary N) is 1. The minimum atomic E-state index is -4.75. The van der Waals surface area contributed by atoms with Gasteiger partial charge in [0.15, 0.2) is 0 Å². The molecule has 0 aliphatic rings. The van der Waals surface area contributed by atoms with Crippen molar-refractivity contribution in [3.63, 3.8) is 0 Å². The number of amides is 1. The van der Waals surface area contributed by atoms with Crippen LogP contribution in [0.2, 0.25) is 5.02 Å². The molecular weight excluding hydrogens is 541 g/mol. The zero-order chi connectivity index (χ0) is 28.1. The first kappa shape index (κ1) is 29.3. The summed E-state index contributed by atoms with van der Waals surface area (Å²) in [7, 11) is -2.93. The van der Waals surface area contributed by atoms with E-state index in [4.69, 9.17) is 16.3 Å². The minimum absolute atomic E-state index is 0.171. The Labute approximate surface area is 225 Å². The lowest BCUT2D eigenvalue weighted by molar-refractivity contribution is -0.137. The maximum Gasteiger partial charge on any atom is 0.416 e. The van der Waals surface area contributed by atoms with Crippen LogP contribution in [0.4, 0.5) is 18.9 Å². The molecule has 204 valence electrons. The van der Waals surface area contributed by atoms with Crippen molar-refractivity contribution in [3.8, 4) is 5.75 Å². The molecule has 3 rings (SSSR count). The standard InChI is InChI=1S/C27H28ClF3N2O4S/c1-18(2)15-24(19-9-12-21(37-3)13-10-19)32-26(34)17-33(38(35,36)22-7-5-4-6-8-22)25-16-20(27(29,30)31)11-14-23(25)28/h4-14,16,18,24H,15,17H2,1-3H3,(H,32,34). The maximum atomic E-state index is 13.6. The third-order valence-corrected chi connectivity index (χ3v) is 7.81. The quantitative estimate of drug-likeness (QED) is 0.304. The van der Waals surface area contributed by atoms with Crippen LogP contribution in [0.3, 0.4) is 0 Å². The lowest BCUT2D eigenvalue weighted by Gasteiger charge is -2.27. The van der Waals surface area contributed by atoms with Crippen LogP contribution in [0.5, 0.6) is 5.75 Å². The van der Waals surface area contributed by atoms with E-state index in [1.807, 2.05) is 13.8 Å². The van der Waals surface area contributed by atoms with Crippen LogP contribution < -0.4 is 14.4 Å². The smallest absolute Gasteiger partial charge is 0.416 e. The Morgan fingerprint density at radius 1 is 1.03 bits per heavy atom. The molecule has 0 bridgehead atoms. The van der Waals surface area contributed by atoms with E-state index in [1.54, 1.807) is 30.3 Å². The third kappa shape index (κ3) is 7.20. The zero-order valence-electron chi connectivity index (χ0n) is 21.0. The highest BCUT2D eigenvalue weighted by Gasteiger charge is 2.35. The highest BCUT2D eigenvalue weighted by atomic mass is 35.5. The van der Waals surface area contributed by atoms with Crippen molar-refractivity contribution >= 4 is 33.2 Å². The second kappa shape index (κ2) is 12.1. The summed E-state index contributed by atoms with van der Waals surface area (Å²) < 4.78 is 73.4. The number of halogens is 4. The van der Waals surface area contributed by atoms with Gasteiger partial charge in [-0.3, -0.25) is 9.10 Å². The first-order chi connectivity index (χ1) is 17.8. The summed E-state index contributed by atoms with van der Waals surface area (Å²) in [5.74, 6) is 0.0895. The van der Waals surface area contributed by atoms with Gasteiger partial charge in [0.05, 0.1) is 34.3 Å². The van der Waals surface area contributed by atoms with E-state index in [9.17, 15) is 26.4 Å². The summed E-state index contributed by atoms with van der Waals surface area (Å²) in [6.07, 6.45) is -4.21. The third-order valence-electron chi connectivity index (χ3n) is 5.72. The molecule has 11 heteroatoms. The Morgan fingerprint density at radius 2 is 1.66 bits per heavy atom. The van der Waals surface area contributed by atoms with Gasteiger partial charge in [0.2, 0.25) is 5.91 Å². The van der Waals surface area contributed by atoms with Gasteiger partial charge in [-0.05, 0) is 60.4 Å². The molecule has 3 aromatic rings. The number of hydrogen-bond donors (Lipinski definition) is 1. The molecule has 0 aliphatic carbocycles. The molecule has 1 amide bonds. The minimum Gasteiger partial charge on any atom is -0.497 e. The first-order valence-corrected chi connectivity index (χ1v) is 13.5. The molecule has 1 N–H and O–H groups in total. The topological polar surface area (TPSA) is 75.7 Å². The number of carbonyl (C=O) groups excluding carboxylic acids is 1. The summed E-state index contributed by atoms with van der Waals surface area (Å²) in [6.45, 7) is 3.15. The molecule has 0 saturated heterocycles. The summed E-state index contributed by atoms with van der Waals surface area (Å²) in [5, 5.41) is 2.59. The fourth-order valence-corrected chi connectivity index (χ4v) is 5.58. The summed E-state index contributed by atoms with van der Waals surface area (Å²) in [4.78, 5) is 13.1. The Hall–Kier alpha value is -3.24. The fourth-order valence-electron chi connectivity index (χ4n) is 3.86. The highest BCUT2D eigenvalue weighted by molar-refractivity contribution is 7.92. The van der Waals surface area contributed by atoms with Crippen molar-refractivity contribution in [1.82, 2.24) is 5.32 Å². The fraction of sp³-hybridized carbons (Fsp3) is 0.296. The van der Waals surface area contributed by atoms with E-state index >= 15 is 0 Å². The molecule has 0 saturated carbocycles. The number of benzene rings is 3. The average Bonchev–Trinajstić information content (AvgIpc) is 2.87. The number of ether oxygens (including phenoxy) is 1. The maximum absolute atomic E-state index is 13.6. The zero-order valence-corrected chi connectivity index (χ0v) is 22.6. The summed E-state index contributed by atoms with van der Waals surface area (Å²) in [6, 6.07) is 16.0. The van der Waals surface area contributed by atoms with Crippen LogP contribution in [-0.2, 0) is 21.0 Å². The molecule has 0 heterocycles. The van der Waals surface area contributed by atoms with Crippen LogP contribution in [0, 0.1) is 5.92 Å². The monoisotopic (exact) mass is 568 g/mol. The number of hydrogen-bond acceptors (Lipinski definition) is 4.